The maximum Gasteiger partial charge on any atom is 0.225 e. The van der Waals surface area contributed by atoms with E-state index in [1.165, 1.54) is 12.8 Å². The second kappa shape index (κ2) is 5.88. The van der Waals surface area contributed by atoms with Crippen molar-refractivity contribution in [2.24, 2.45) is 5.41 Å². The molecule has 0 spiro atoms. The first-order valence-electron chi connectivity index (χ1n) is 6.01. The number of nitrogens with one attached hydrogen (secondary N) is 1. The lowest BCUT2D eigenvalue weighted by atomic mass is 9.88. The van der Waals surface area contributed by atoms with Gasteiger partial charge in [-0.3, -0.25) is 4.79 Å². The minimum atomic E-state index is -0.0754. The van der Waals surface area contributed by atoms with Gasteiger partial charge in [-0.15, -0.1) is 0 Å². The molecule has 1 amide bonds. The highest BCUT2D eigenvalue weighted by molar-refractivity contribution is 9.09. The smallest absolute Gasteiger partial charge is 0.225 e. The summed E-state index contributed by atoms with van der Waals surface area (Å²) in [4.78, 5) is 12.4. The van der Waals surface area contributed by atoms with Gasteiger partial charge in [-0.2, -0.15) is 0 Å². The Labute approximate surface area is 101 Å². The second-order valence-corrected chi connectivity index (χ2v) is 6.11. The predicted octanol–water partition coefficient (Wildman–Crippen LogP) is 3.25. The van der Waals surface area contributed by atoms with Gasteiger partial charge < -0.3 is 5.32 Å². The molecule has 1 rings (SSSR count). The summed E-state index contributed by atoms with van der Waals surface area (Å²) in [6.07, 6.45) is 6.68. The van der Waals surface area contributed by atoms with Crippen molar-refractivity contribution in [1.29, 1.82) is 0 Å². The van der Waals surface area contributed by atoms with Gasteiger partial charge in [0.05, 0.1) is 0 Å². The van der Waals surface area contributed by atoms with Gasteiger partial charge in [0, 0.05) is 16.8 Å². The lowest BCUT2D eigenvalue weighted by molar-refractivity contribution is -0.129. The molecule has 0 aromatic carbocycles. The summed E-state index contributed by atoms with van der Waals surface area (Å²) in [6, 6.07) is 0. The third kappa shape index (κ3) is 3.78. The highest BCUT2D eigenvalue weighted by atomic mass is 79.9. The summed E-state index contributed by atoms with van der Waals surface area (Å²) in [6.45, 7) is 5.05. The molecular formula is C12H22BrNO. The van der Waals surface area contributed by atoms with Crippen LogP contribution >= 0.6 is 15.9 Å². The largest absolute Gasteiger partial charge is 0.356 e. The Bertz CT molecular complexity index is 212. The third-order valence-corrected chi connectivity index (χ3v) is 4.55. The van der Waals surface area contributed by atoms with Crippen LogP contribution < -0.4 is 5.32 Å². The average Bonchev–Trinajstić information content (AvgIpc) is 2.66. The fraction of sp³-hybridized carbons (Fsp3) is 0.917. The standard InChI is InChI=1S/C12H22BrNO/c1-3-10(13)6-9-14-11(15)12(2)7-4-5-8-12/h10H,3-9H2,1-2H3,(H,14,15). The monoisotopic (exact) mass is 275 g/mol. The maximum atomic E-state index is 11.9. The van der Waals surface area contributed by atoms with Gasteiger partial charge in [0.25, 0.3) is 0 Å². The highest BCUT2D eigenvalue weighted by Crippen LogP contribution is 2.37. The Morgan fingerprint density at radius 2 is 2.07 bits per heavy atom. The third-order valence-electron chi connectivity index (χ3n) is 3.44. The van der Waals surface area contributed by atoms with Gasteiger partial charge in [-0.05, 0) is 25.7 Å². The number of rotatable bonds is 5. The molecule has 1 saturated carbocycles. The van der Waals surface area contributed by atoms with Crippen LogP contribution in [-0.4, -0.2) is 17.3 Å². The lowest BCUT2D eigenvalue weighted by Gasteiger charge is -2.22. The molecule has 88 valence electrons. The van der Waals surface area contributed by atoms with Crippen LogP contribution in [0.2, 0.25) is 0 Å². The van der Waals surface area contributed by atoms with Gasteiger partial charge in [0.15, 0.2) is 0 Å². The summed E-state index contributed by atoms with van der Waals surface area (Å²) >= 11 is 3.57. The number of hydrogen-bond donors (Lipinski definition) is 1. The van der Waals surface area contributed by atoms with E-state index in [1.54, 1.807) is 0 Å². The van der Waals surface area contributed by atoms with E-state index in [2.05, 4.69) is 35.1 Å². The van der Waals surface area contributed by atoms with E-state index in [0.29, 0.717) is 4.83 Å². The molecular weight excluding hydrogens is 254 g/mol. The van der Waals surface area contributed by atoms with Crippen LogP contribution in [-0.2, 0) is 4.79 Å². The molecule has 3 heteroatoms. The van der Waals surface area contributed by atoms with E-state index in [0.717, 1.165) is 32.2 Å². The Kier molecular flexibility index (Phi) is 5.10. The molecule has 0 bridgehead atoms. The Morgan fingerprint density at radius 1 is 1.47 bits per heavy atom. The van der Waals surface area contributed by atoms with E-state index < -0.39 is 0 Å². The van der Waals surface area contributed by atoms with Crippen LogP contribution in [0, 0.1) is 5.41 Å². The predicted molar refractivity (Wildman–Crippen MR) is 67.2 cm³/mol. The van der Waals surface area contributed by atoms with E-state index >= 15 is 0 Å². The molecule has 2 nitrogen and oxygen atoms in total. The number of hydrogen-bond acceptors (Lipinski definition) is 1. The molecule has 0 aromatic rings. The second-order valence-electron chi connectivity index (χ2n) is 4.82. The number of alkyl halides is 1. The quantitative estimate of drug-likeness (QED) is 0.767. The van der Waals surface area contributed by atoms with Crippen molar-refractivity contribution in [2.45, 2.75) is 57.2 Å². The Morgan fingerprint density at radius 3 is 2.60 bits per heavy atom. The first-order chi connectivity index (χ1) is 7.08. The SMILES string of the molecule is CCC(Br)CCNC(=O)C1(C)CCCC1. The lowest BCUT2D eigenvalue weighted by Crippen LogP contribution is -2.38. The zero-order valence-electron chi connectivity index (χ0n) is 9.81. The van der Waals surface area contributed by atoms with Crippen LogP contribution in [0.4, 0.5) is 0 Å². The van der Waals surface area contributed by atoms with Gasteiger partial charge >= 0.3 is 0 Å². The van der Waals surface area contributed by atoms with Crippen LogP contribution in [0.15, 0.2) is 0 Å². The van der Waals surface area contributed by atoms with E-state index in [9.17, 15) is 4.79 Å². The number of carbonyl (C=O) groups is 1. The van der Waals surface area contributed by atoms with Crippen molar-refractivity contribution >= 4 is 21.8 Å². The summed E-state index contributed by atoms with van der Waals surface area (Å²) in [5.41, 5.74) is -0.0754. The molecule has 1 aliphatic carbocycles. The van der Waals surface area contributed by atoms with Crippen LogP contribution in [0.25, 0.3) is 0 Å². The van der Waals surface area contributed by atoms with E-state index in [-0.39, 0.29) is 11.3 Å². The normalized spacial score (nSPS) is 21.3. The minimum Gasteiger partial charge on any atom is -0.356 e. The molecule has 1 atom stereocenters. The molecule has 1 N–H and O–H groups in total. The summed E-state index contributed by atoms with van der Waals surface area (Å²) in [5.74, 6) is 0.260. The maximum absolute atomic E-state index is 11.9. The molecule has 1 unspecified atom stereocenters. The highest BCUT2D eigenvalue weighted by Gasteiger charge is 2.35. The topological polar surface area (TPSA) is 29.1 Å². The van der Waals surface area contributed by atoms with Crippen molar-refractivity contribution in [2.75, 3.05) is 6.54 Å². The Balaban J connectivity index is 2.24. The zero-order valence-corrected chi connectivity index (χ0v) is 11.4. The first kappa shape index (κ1) is 13.0. The zero-order chi connectivity index (χ0) is 11.3. The molecule has 1 aliphatic rings. The van der Waals surface area contributed by atoms with Crippen molar-refractivity contribution in [3.8, 4) is 0 Å². The van der Waals surface area contributed by atoms with Gasteiger partial charge in [0.1, 0.15) is 0 Å². The summed E-state index contributed by atoms with van der Waals surface area (Å²) in [7, 11) is 0. The molecule has 0 saturated heterocycles. The summed E-state index contributed by atoms with van der Waals surface area (Å²) in [5, 5.41) is 3.06. The van der Waals surface area contributed by atoms with Crippen molar-refractivity contribution in [1.82, 2.24) is 5.32 Å². The van der Waals surface area contributed by atoms with Gasteiger partial charge in [0.2, 0.25) is 5.91 Å². The van der Waals surface area contributed by atoms with Gasteiger partial charge in [-0.25, -0.2) is 0 Å². The fourth-order valence-electron chi connectivity index (χ4n) is 2.14. The number of carbonyl (C=O) groups excluding carboxylic acids is 1. The van der Waals surface area contributed by atoms with Crippen molar-refractivity contribution in [3.63, 3.8) is 0 Å². The molecule has 0 aliphatic heterocycles. The van der Waals surface area contributed by atoms with Crippen molar-refractivity contribution < 1.29 is 4.79 Å². The molecule has 0 radical (unpaired) electrons. The minimum absolute atomic E-state index is 0.0754. The summed E-state index contributed by atoms with van der Waals surface area (Å²) < 4.78 is 0. The average molecular weight is 276 g/mol. The molecule has 1 fully saturated rings. The van der Waals surface area contributed by atoms with E-state index in [1.807, 2.05) is 0 Å². The van der Waals surface area contributed by atoms with E-state index in [4.69, 9.17) is 0 Å². The molecule has 0 aromatic heterocycles. The molecule has 15 heavy (non-hydrogen) atoms. The van der Waals surface area contributed by atoms with Gasteiger partial charge in [-0.1, -0.05) is 42.6 Å². The number of amides is 1. The van der Waals surface area contributed by atoms with Crippen LogP contribution in [0.3, 0.4) is 0 Å². The first-order valence-corrected chi connectivity index (χ1v) is 6.92. The fourth-order valence-corrected chi connectivity index (χ4v) is 2.37. The van der Waals surface area contributed by atoms with Crippen LogP contribution in [0.5, 0.6) is 0 Å². The number of halogens is 1. The molecule has 0 heterocycles. The van der Waals surface area contributed by atoms with Crippen LogP contribution in [0.1, 0.15) is 52.4 Å². The van der Waals surface area contributed by atoms with Crippen molar-refractivity contribution in [3.05, 3.63) is 0 Å². The Hall–Kier alpha value is -0.0500.